The highest BCUT2D eigenvalue weighted by atomic mass is 16.5. The molecule has 1 fully saturated rings. The van der Waals surface area contributed by atoms with Gasteiger partial charge in [-0.15, -0.1) is 0 Å². The van der Waals surface area contributed by atoms with Gasteiger partial charge in [-0.3, -0.25) is 4.90 Å². The number of benzene rings is 1. The first kappa shape index (κ1) is 16.2. The standard InChI is InChI=1S/C16H25NO4/c1-11-5-6-14(19-2)12(7-11)13(18)8-17-9-15(20-3)16(10-17)21-4/h5-7,13,15-16,18H,8-10H2,1-4H3. The fourth-order valence-electron chi connectivity index (χ4n) is 2.88. The first-order valence-electron chi connectivity index (χ1n) is 7.19. The number of ether oxygens (including phenoxy) is 3. The van der Waals surface area contributed by atoms with Gasteiger partial charge < -0.3 is 19.3 Å². The van der Waals surface area contributed by atoms with Crippen molar-refractivity contribution in [3.63, 3.8) is 0 Å². The zero-order chi connectivity index (χ0) is 15.4. The van der Waals surface area contributed by atoms with E-state index in [0.717, 1.165) is 30.0 Å². The second-order valence-corrected chi connectivity index (χ2v) is 5.53. The van der Waals surface area contributed by atoms with Gasteiger partial charge in [0.05, 0.1) is 25.4 Å². The number of hydrogen-bond acceptors (Lipinski definition) is 5. The molecule has 0 radical (unpaired) electrons. The molecule has 1 aromatic rings. The van der Waals surface area contributed by atoms with Crippen molar-refractivity contribution in [2.24, 2.45) is 0 Å². The number of nitrogens with zero attached hydrogens (tertiary/aromatic N) is 1. The molecule has 1 aliphatic rings. The van der Waals surface area contributed by atoms with Crippen LogP contribution in [0.4, 0.5) is 0 Å². The largest absolute Gasteiger partial charge is 0.496 e. The lowest BCUT2D eigenvalue weighted by Crippen LogP contribution is -2.28. The van der Waals surface area contributed by atoms with E-state index in [0.29, 0.717) is 6.54 Å². The van der Waals surface area contributed by atoms with Crippen LogP contribution >= 0.6 is 0 Å². The van der Waals surface area contributed by atoms with Crippen molar-refractivity contribution in [3.8, 4) is 5.75 Å². The normalized spacial score (nSPS) is 24.2. The molecule has 5 nitrogen and oxygen atoms in total. The molecular formula is C16H25NO4. The molecule has 3 atom stereocenters. The Morgan fingerprint density at radius 3 is 2.33 bits per heavy atom. The lowest BCUT2D eigenvalue weighted by Gasteiger charge is -2.21. The van der Waals surface area contributed by atoms with E-state index in [1.54, 1.807) is 21.3 Å². The minimum absolute atomic E-state index is 0.0570. The highest BCUT2D eigenvalue weighted by molar-refractivity contribution is 5.38. The van der Waals surface area contributed by atoms with Crippen LogP contribution in [-0.4, -0.2) is 63.2 Å². The maximum Gasteiger partial charge on any atom is 0.124 e. The van der Waals surface area contributed by atoms with Crippen molar-refractivity contribution in [2.45, 2.75) is 25.2 Å². The third-order valence-electron chi connectivity index (χ3n) is 4.07. The number of β-amino-alcohol motifs (C(OH)–C–C–N with tert-alkyl or cyclic N) is 1. The molecule has 0 amide bonds. The van der Waals surface area contributed by atoms with Gasteiger partial charge in [0.1, 0.15) is 5.75 Å². The summed E-state index contributed by atoms with van der Waals surface area (Å²) in [5.41, 5.74) is 1.93. The van der Waals surface area contributed by atoms with Gasteiger partial charge in [0.2, 0.25) is 0 Å². The predicted octanol–water partition coefficient (Wildman–Crippen LogP) is 1.38. The van der Waals surface area contributed by atoms with Crippen LogP contribution in [0.25, 0.3) is 0 Å². The van der Waals surface area contributed by atoms with Gasteiger partial charge in [-0.2, -0.15) is 0 Å². The van der Waals surface area contributed by atoms with Crippen molar-refractivity contribution in [2.75, 3.05) is 41.0 Å². The molecule has 21 heavy (non-hydrogen) atoms. The number of rotatable bonds is 6. The average molecular weight is 295 g/mol. The van der Waals surface area contributed by atoms with Crippen LogP contribution in [0.1, 0.15) is 17.2 Å². The molecule has 0 bridgehead atoms. The second-order valence-electron chi connectivity index (χ2n) is 5.53. The summed E-state index contributed by atoms with van der Waals surface area (Å²) < 4.78 is 16.2. The van der Waals surface area contributed by atoms with Gasteiger partial charge in [0, 0.05) is 39.4 Å². The Morgan fingerprint density at radius 1 is 1.19 bits per heavy atom. The predicted molar refractivity (Wildman–Crippen MR) is 80.7 cm³/mol. The Balaban J connectivity index is 2.05. The highest BCUT2D eigenvalue weighted by Crippen LogP contribution is 2.28. The van der Waals surface area contributed by atoms with Crippen LogP contribution in [0.2, 0.25) is 0 Å². The average Bonchev–Trinajstić information content (AvgIpc) is 2.89. The molecule has 5 heteroatoms. The van der Waals surface area contributed by atoms with Crippen LogP contribution in [0.3, 0.4) is 0 Å². The summed E-state index contributed by atoms with van der Waals surface area (Å²) in [4.78, 5) is 2.16. The van der Waals surface area contributed by atoms with E-state index in [-0.39, 0.29) is 12.2 Å². The van der Waals surface area contributed by atoms with Crippen LogP contribution in [0.5, 0.6) is 5.75 Å². The van der Waals surface area contributed by atoms with Crippen LogP contribution in [0, 0.1) is 6.92 Å². The summed E-state index contributed by atoms with van der Waals surface area (Å²) in [6.45, 7) is 4.08. The van der Waals surface area contributed by atoms with E-state index < -0.39 is 6.10 Å². The minimum Gasteiger partial charge on any atom is -0.496 e. The number of aliphatic hydroxyl groups excluding tert-OH is 1. The number of likely N-dealkylation sites (tertiary alicyclic amines) is 1. The molecule has 0 spiro atoms. The SMILES string of the molecule is COc1ccc(C)cc1C(O)CN1CC(OC)C(OC)C1. The van der Waals surface area contributed by atoms with Gasteiger partial charge in [0.15, 0.2) is 0 Å². The van der Waals surface area contributed by atoms with E-state index in [9.17, 15) is 5.11 Å². The molecule has 0 aliphatic carbocycles. The molecular weight excluding hydrogens is 270 g/mol. The summed E-state index contributed by atoms with van der Waals surface area (Å²) in [6, 6.07) is 5.85. The highest BCUT2D eigenvalue weighted by Gasteiger charge is 2.34. The number of aryl methyl sites for hydroxylation is 1. The molecule has 0 aromatic heterocycles. The van der Waals surface area contributed by atoms with Crippen molar-refractivity contribution in [3.05, 3.63) is 29.3 Å². The number of hydrogen-bond donors (Lipinski definition) is 1. The zero-order valence-electron chi connectivity index (χ0n) is 13.2. The summed E-state index contributed by atoms with van der Waals surface area (Å²) in [6.07, 6.45) is -0.476. The third kappa shape index (κ3) is 3.74. The Hall–Kier alpha value is -1.14. The summed E-state index contributed by atoms with van der Waals surface area (Å²) >= 11 is 0. The fourth-order valence-corrected chi connectivity index (χ4v) is 2.88. The molecule has 3 unspecified atom stereocenters. The Labute approximate surface area is 126 Å². The number of aliphatic hydroxyl groups is 1. The maximum atomic E-state index is 10.5. The van der Waals surface area contributed by atoms with Crippen molar-refractivity contribution in [1.82, 2.24) is 4.90 Å². The molecule has 1 aromatic carbocycles. The van der Waals surface area contributed by atoms with E-state index in [2.05, 4.69) is 4.90 Å². The molecule has 118 valence electrons. The number of methoxy groups -OCH3 is 3. The van der Waals surface area contributed by atoms with Crippen molar-refractivity contribution in [1.29, 1.82) is 0 Å². The Bertz CT molecular complexity index is 454. The summed E-state index contributed by atoms with van der Waals surface area (Å²) in [5, 5.41) is 10.5. The fraction of sp³-hybridized carbons (Fsp3) is 0.625. The van der Waals surface area contributed by atoms with Gasteiger partial charge in [-0.05, 0) is 19.1 Å². The minimum atomic E-state index is -0.590. The van der Waals surface area contributed by atoms with E-state index in [4.69, 9.17) is 14.2 Å². The van der Waals surface area contributed by atoms with Gasteiger partial charge in [0.25, 0.3) is 0 Å². The lowest BCUT2D eigenvalue weighted by atomic mass is 10.0. The van der Waals surface area contributed by atoms with Crippen LogP contribution in [-0.2, 0) is 9.47 Å². The smallest absolute Gasteiger partial charge is 0.124 e. The van der Waals surface area contributed by atoms with Crippen LogP contribution < -0.4 is 4.74 Å². The summed E-state index contributed by atoms with van der Waals surface area (Å²) in [7, 11) is 5.01. The van der Waals surface area contributed by atoms with Gasteiger partial charge in [-0.1, -0.05) is 11.6 Å². The molecule has 1 heterocycles. The van der Waals surface area contributed by atoms with E-state index in [1.807, 2.05) is 25.1 Å². The second kappa shape index (κ2) is 7.22. The first-order chi connectivity index (χ1) is 10.1. The Morgan fingerprint density at radius 2 is 1.81 bits per heavy atom. The molecule has 1 saturated heterocycles. The maximum absolute atomic E-state index is 10.5. The summed E-state index contributed by atoms with van der Waals surface area (Å²) in [5.74, 6) is 0.721. The molecule has 2 rings (SSSR count). The van der Waals surface area contributed by atoms with Crippen molar-refractivity contribution >= 4 is 0 Å². The monoisotopic (exact) mass is 295 g/mol. The zero-order valence-corrected chi connectivity index (χ0v) is 13.2. The van der Waals surface area contributed by atoms with Gasteiger partial charge in [-0.25, -0.2) is 0 Å². The first-order valence-corrected chi connectivity index (χ1v) is 7.19. The third-order valence-corrected chi connectivity index (χ3v) is 4.07. The van der Waals surface area contributed by atoms with Crippen LogP contribution in [0.15, 0.2) is 18.2 Å². The lowest BCUT2D eigenvalue weighted by molar-refractivity contribution is -0.00461. The molecule has 1 aliphatic heterocycles. The van der Waals surface area contributed by atoms with Gasteiger partial charge >= 0.3 is 0 Å². The van der Waals surface area contributed by atoms with E-state index >= 15 is 0 Å². The quantitative estimate of drug-likeness (QED) is 0.859. The topological polar surface area (TPSA) is 51.2 Å². The molecule has 0 saturated carbocycles. The van der Waals surface area contributed by atoms with Crippen molar-refractivity contribution < 1.29 is 19.3 Å². The Kier molecular flexibility index (Phi) is 5.58. The molecule has 1 N–H and O–H groups in total. The van der Waals surface area contributed by atoms with E-state index in [1.165, 1.54) is 0 Å².